The van der Waals surface area contributed by atoms with E-state index in [0.717, 1.165) is 25.9 Å². The van der Waals surface area contributed by atoms with Gasteiger partial charge in [-0.2, -0.15) is 0 Å². The van der Waals surface area contributed by atoms with E-state index in [-0.39, 0.29) is 12.0 Å². The average molecular weight is 214 g/mol. The van der Waals surface area contributed by atoms with Gasteiger partial charge in [-0.05, 0) is 26.8 Å². The van der Waals surface area contributed by atoms with Crippen molar-refractivity contribution in [3.8, 4) is 0 Å². The third kappa shape index (κ3) is 3.80. The molecule has 1 aliphatic rings. The van der Waals surface area contributed by atoms with Crippen LogP contribution < -0.4 is 5.32 Å². The molecule has 0 aromatic heterocycles. The Morgan fingerprint density at radius 2 is 2.40 bits per heavy atom. The average Bonchev–Trinajstić information content (AvgIpc) is 2.73. The fourth-order valence-corrected chi connectivity index (χ4v) is 1.83. The molecule has 2 unspecified atom stereocenters. The summed E-state index contributed by atoms with van der Waals surface area (Å²) in [5.41, 5.74) is 0. The molecule has 1 rings (SSSR count). The Morgan fingerprint density at radius 3 is 2.93 bits per heavy atom. The predicted octanol–water partition coefficient (Wildman–Crippen LogP) is 0.622. The number of carbonyl (C=O) groups excluding carboxylic acids is 1. The van der Waals surface area contributed by atoms with Crippen LogP contribution in [0.1, 0.15) is 26.2 Å². The van der Waals surface area contributed by atoms with Crippen LogP contribution >= 0.6 is 0 Å². The largest absolute Gasteiger partial charge is 0.382 e. The molecule has 0 aromatic carbocycles. The Hall–Kier alpha value is -0.610. The van der Waals surface area contributed by atoms with Crippen LogP contribution in [0.15, 0.2) is 0 Å². The number of likely N-dealkylation sites (tertiary alicyclic amines) is 1. The number of hydrogen-bond acceptors (Lipinski definition) is 3. The summed E-state index contributed by atoms with van der Waals surface area (Å²) in [6.07, 6.45) is 2.67. The molecular formula is C11H22N2O2. The van der Waals surface area contributed by atoms with Gasteiger partial charge in [0.05, 0.1) is 6.10 Å². The van der Waals surface area contributed by atoms with Crippen LogP contribution in [0.3, 0.4) is 0 Å². The molecule has 2 atom stereocenters. The van der Waals surface area contributed by atoms with E-state index in [9.17, 15) is 4.79 Å². The van der Waals surface area contributed by atoms with E-state index in [0.29, 0.717) is 12.5 Å². The second-order valence-electron chi connectivity index (χ2n) is 4.20. The molecule has 1 N–H and O–H groups in total. The Kier molecular flexibility index (Phi) is 5.05. The van der Waals surface area contributed by atoms with E-state index in [2.05, 4.69) is 5.32 Å². The number of carbonyl (C=O) groups is 1. The highest BCUT2D eigenvalue weighted by molar-refractivity contribution is 5.76. The van der Waals surface area contributed by atoms with Crippen molar-refractivity contribution in [2.45, 2.75) is 38.3 Å². The molecule has 0 aliphatic carbocycles. The third-order valence-electron chi connectivity index (χ3n) is 3.12. The number of amides is 1. The van der Waals surface area contributed by atoms with Crippen molar-refractivity contribution in [1.29, 1.82) is 0 Å². The van der Waals surface area contributed by atoms with Crippen molar-refractivity contribution in [2.75, 3.05) is 27.2 Å². The zero-order valence-corrected chi connectivity index (χ0v) is 9.95. The zero-order chi connectivity index (χ0) is 11.3. The lowest BCUT2D eigenvalue weighted by molar-refractivity contribution is -0.130. The van der Waals surface area contributed by atoms with Gasteiger partial charge >= 0.3 is 0 Å². The van der Waals surface area contributed by atoms with Crippen molar-refractivity contribution in [3.63, 3.8) is 0 Å². The molecule has 0 spiro atoms. The van der Waals surface area contributed by atoms with Gasteiger partial charge < -0.3 is 15.0 Å². The first-order chi connectivity index (χ1) is 7.17. The lowest BCUT2D eigenvalue weighted by Crippen LogP contribution is -2.33. The molecule has 1 amide bonds. The van der Waals surface area contributed by atoms with E-state index < -0.39 is 0 Å². The van der Waals surface area contributed by atoms with Crippen LogP contribution in [0.25, 0.3) is 0 Å². The number of ether oxygens (including phenoxy) is 1. The summed E-state index contributed by atoms with van der Waals surface area (Å²) in [4.78, 5) is 13.7. The fraction of sp³-hybridized carbons (Fsp3) is 0.909. The number of hydrogen-bond donors (Lipinski definition) is 1. The fourth-order valence-electron chi connectivity index (χ4n) is 1.83. The van der Waals surface area contributed by atoms with Gasteiger partial charge in [0, 0.05) is 32.7 Å². The SMILES string of the molecule is CNC1CCN(C(=O)CCC(C)OC)C1. The molecule has 0 radical (unpaired) electrons. The van der Waals surface area contributed by atoms with Crippen LogP contribution in [0.2, 0.25) is 0 Å². The number of nitrogens with zero attached hydrogens (tertiary/aromatic N) is 1. The Bertz CT molecular complexity index is 209. The van der Waals surface area contributed by atoms with E-state index in [1.54, 1.807) is 7.11 Å². The summed E-state index contributed by atoms with van der Waals surface area (Å²) in [6, 6.07) is 0.480. The first-order valence-electron chi connectivity index (χ1n) is 5.65. The highest BCUT2D eigenvalue weighted by Gasteiger charge is 2.24. The molecule has 15 heavy (non-hydrogen) atoms. The molecule has 0 aromatic rings. The van der Waals surface area contributed by atoms with E-state index in [1.807, 2.05) is 18.9 Å². The molecule has 4 nitrogen and oxygen atoms in total. The maximum Gasteiger partial charge on any atom is 0.222 e. The third-order valence-corrected chi connectivity index (χ3v) is 3.12. The monoisotopic (exact) mass is 214 g/mol. The summed E-state index contributed by atoms with van der Waals surface area (Å²) >= 11 is 0. The molecule has 88 valence electrons. The minimum absolute atomic E-state index is 0.177. The predicted molar refractivity (Wildman–Crippen MR) is 59.7 cm³/mol. The van der Waals surface area contributed by atoms with Gasteiger partial charge in [-0.25, -0.2) is 0 Å². The highest BCUT2D eigenvalue weighted by atomic mass is 16.5. The number of nitrogens with one attached hydrogen (secondary N) is 1. The van der Waals surface area contributed by atoms with E-state index >= 15 is 0 Å². The van der Waals surface area contributed by atoms with Crippen LogP contribution in [0.4, 0.5) is 0 Å². The van der Waals surface area contributed by atoms with Gasteiger partial charge in [-0.15, -0.1) is 0 Å². The van der Waals surface area contributed by atoms with Gasteiger partial charge in [0.2, 0.25) is 5.91 Å². The zero-order valence-electron chi connectivity index (χ0n) is 9.95. The second kappa shape index (κ2) is 6.08. The topological polar surface area (TPSA) is 41.6 Å². The molecular weight excluding hydrogens is 192 g/mol. The van der Waals surface area contributed by atoms with Crippen LogP contribution in [0.5, 0.6) is 0 Å². The molecule has 1 heterocycles. The van der Waals surface area contributed by atoms with E-state index in [1.165, 1.54) is 0 Å². The van der Waals surface area contributed by atoms with Crippen molar-refractivity contribution in [1.82, 2.24) is 10.2 Å². The van der Waals surface area contributed by atoms with Crippen molar-refractivity contribution < 1.29 is 9.53 Å². The minimum atomic E-state index is 0.177. The van der Waals surface area contributed by atoms with Crippen molar-refractivity contribution in [3.05, 3.63) is 0 Å². The van der Waals surface area contributed by atoms with Gasteiger partial charge in [-0.1, -0.05) is 0 Å². The van der Waals surface area contributed by atoms with Gasteiger partial charge in [0.15, 0.2) is 0 Å². The first kappa shape index (κ1) is 12.5. The van der Waals surface area contributed by atoms with Crippen molar-refractivity contribution >= 4 is 5.91 Å². The summed E-state index contributed by atoms with van der Waals surface area (Å²) in [6.45, 7) is 3.75. The van der Waals surface area contributed by atoms with Crippen molar-refractivity contribution in [2.24, 2.45) is 0 Å². The highest BCUT2D eigenvalue weighted by Crippen LogP contribution is 2.12. The lowest BCUT2D eigenvalue weighted by Gasteiger charge is -2.17. The summed E-state index contributed by atoms with van der Waals surface area (Å²) in [5, 5.41) is 3.21. The normalized spacial score (nSPS) is 23.1. The van der Waals surface area contributed by atoms with Gasteiger partial charge in [-0.3, -0.25) is 4.79 Å². The molecule has 0 bridgehead atoms. The van der Waals surface area contributed by atoms with Crippen LogP contribution in [0, 0.1) is 0 Å². The molecule has 0 saturated carbocycles. The quantitative estimate of drug-likeness (QED) is 0.729. The molecule has 1 fully saturated rings. The second-order valence-corrected chi connectivity index (χ2v) is 4.20. The summed E-state index contributed by atoms with van der Waals surface area (Å²) in [7, 11) is 3.63. The summed E-state index contributed by atoms with van der Waals surface area (Å²) in [5.74, 6) is 0.261. The molecule has 1 aliphatic heterocycles. The lowest BCUT2D eigenvalue weighted by atomic mass is 10.2. The standard InChI is InChI=1S/C11H22N2O2/c1-9(15-3)4-5-11(14)13-7-6-10(8-13)12-2/h9-10,12H,4-8H2,1-3H3. The number of rotatable bonds is 5. The molecule has 4 heteroatoms. The van der Waals surface area contributed by atoms with Gasteiger partial charge in [0.1, 0.15) is 0 Å². The Labute approximate surface area is 92.0 Å². The number of likely N-dealkylation sites (N-methyl/N-ethyl adjacent to an activating group) is 1. The first-order valence-corrected chi connectivity index (χ1v) is 5.65. The van der Waals surface area contributed by atoms with Gasteiger partial charge in [0.25, 0.3) is 0 Å². The molecule has 1 saturated heterocycles. The van der Waals surface area contributed by atoms with E-state index in [4.69, 9.17) is 4.74 Å². The maximum atomic E-state index is 11.8. The Morgan fingerprint density at radius 1 is 1.67 bits per heavy atom. The summed E-state index contributed by atoms with van der Waals surface area (Å²) < 4.78 is 5.12. The van der Waals surface area contributed by atoms with Crippen LogP contribution in [-0.2, 0) is 9.53 Å². The maximum absolute atomic E-state index is 11.8. The smallest absolute Gasteiger partial charge is 0.222 e. The number of methoxy groups -OCH3 is 1. The Balaban J connectivity index is 2.23. The minimum Gasteiger partial charge on any atom is -0.382 e. The van der Waals surface area contributed by atoms with Crippen LogP contribution in [-0.4, -0.2) is 50.2 Å².